The minimum Gasteiger partial charge on any atom is -0.482 e. The van der Waals surface area contributed by atoms with Crippen molar-refractivity contribution in [1.29, 1.82) is 0 Å². The van der Waals surface area contributed by atoms with Crippen LogP contribution in [0, 0.1) is 11.8 Å². The molecule has 0 aliphatic heterocycles. The second-order valence-corrected chi connectivity index (χ2v) is 6.76. The zero-order valence-corrected chi connectivity index (χ0v) is 16.1. The minimum absolute atomic E-state index is 0.00685. The molecule has 0 saturated heterocycles. The molecule has 0 fully saturated rings. The lowest BCUT2D eigenvalue weighted by Gasteiger charge is -2.05. The topological polar surface area (TPSA) is 57.3 Å². The van der Waals surface area contributed by atoms with Crippen LogP contribution in [0.25, 0.3) is 0 Å². The maximum atomic E-state index is 12.3. The first-order valence-corrected chi connectivity index (χ1v) is 8.83. The first kappa shape index (κ1) is 18.6. The maximum absolute atomic E-state index is 12.3. The van der Waals surface area contributed by atoms with Gasteiger partial charge in [-0.3, -0.25) is 4.79 Å². The van der Waals surface area contributed by atoms with Crippen LogP contribution in [0.2, 0.25) is 10.0 Å². The standard InChI is InChI=1S/C18H14Cl2N2O3S/c1-11-2-4-12(5-3-11)15(23)9-22-18(26)25-17(21-22)10-24-16-7-6-13(19)8-14(16)20/h2-8H,9-10H2,1H3. The molecule has 0 bridgehead atoms. The Kier molecular flexibility index (Phi) is 5.76. The number of ether oxygens (including phenoxy) is 1. The molecule has 3 rings (SSSR count). The molecule has 0 amide bonds. The van der Waals surface area contributed by atoms with Crippen LogP contribution in [0.5, 0.6) is 5.75 Å². The molecule has 0 unspecified atom stereocenters. The summed E-state index contributed by atoms with van der Waals surface area (Å²) in [7, 11) is 0. The predicted molar refractivity (Wildman–Crippen MR) is 102 cm³/mol. The summed E-state index contributed by atoms with van der Waals surface area (Å²) < 4.78 is 12.3. The first-order valence-electron chi connectivity index (χ1n) is 7.67. The highest BCUT2D eigenvalue weighted by Crippen LogP contribution is 2.28. The number of halogens is 2. The number of hydrogen-bond acceptors (Lipinski definition) is 5. The molecule has 26 heavy (non-hydrogen) atoms. The van der Waals surface area contributed by atoms with Crippen LogP contribution in [0.3, 0.4) is 0 Å². The van der Waals surface area contributed by atoms with Gasteiger partial charge in [-0.25, -0.2) is 4.68 Å². The number of aromatic nitrogens is 2. The summed E-state index contributed by atoms with van der Waals surface area (Å²) in [6.07, 6.45) is 0. The van der Waals surface area contributed by atoms with Crippen molar-refractivity contribution in [2.75, 3.05) is 0 Å². The Labute approximate surface area is 165 Å². The molecule has 2 aromatic carbocycles. The summed E-state index contributed by atoms with van der Waals surface area (Å²) in [6, 6.07) is 12.2. The minimum atomic E-state index is -0.109. The van der Waals surface area contributed by atoms with Crippen LogP contribution in [0.4, 0.5) is 0 Å². The summed E-state index contributed by atoms with van der Waals surface area (Å²) in [5.41, 5.74) is 1.67. The first-order chi connectivity index (χ1) is 12.4. The van der Waals surface area contributed by atoms with Gasteiger partial charge in [-0.05, 0) is 37.3 Å². The number of hydrogen-bond donors (Lipinski definition) is 0. The van der Waals surface area contributed by atoms with Gasteiger partial charge in [0, 0.05) is 10.6 Å². The van der Waals surface area contributed by atoms with Crippen molar-refractivity contribution in [3.05, 3.63) is 74.4 Å². The van der Waals surface area contributed by atoms with Gasteiger partial charge < -0.3 is 9.15 Å². The third-order valence-corrected chi connectivity index (χ3v) is 4.38. The molecule has 0 spiro atoms. The lowest BCUT2D eigenvalue weighted by Crippen LogP contribution is -2.12. The molecular weight excluding hydrogens is 395 g/mol. The van der Waals surface area contributed by atoms with Gasteiger partial charge in [-0.1, -0.05) is 53.0 Å². The Bertz CT molecular complexity index is 996. The molecule has 0 aliphatic rings. The zero-order valence-electron chi connectivity index (χ0n) is 13.7. The van der Waals surface area contributed by atoms with Crippen LogP contribution in [0.1, 0.15) is 21.8 Å². The van der Waals surface area contributed by atoms with Crippen LogP contribution >= 0.6 is 35.4 Å². The van der Waals surface area contributed by atoms with Crippen LogP contribution < -0.4 is 4.74 Å². The number of rotatable bonds is 6. The van der Waals surface area contributed by atoms with Crippen LogP contribution in [-0.4, -0.2) is 15.6 Å². The van der Waals surface area contributed by atoms with Gasteiger partial charge in [0.25, 0.3) is 10.7 Å². The molecule has 0 radical (unpaired) electrons. The number of carbonyl (C=O) groups excluding carboxylic acids is 1. The molecular formula is C18H14Cl2N2O3S. The second-order valence-electron chi connectivity index (χ2n) is 5.57. The molecule has 8 heteroatoms. The number of benzene rings is 2. The van der Waals surface area contributed by atoms with Crippen molar-refractivity contribution in [1.82, 2.24) is 9.78 Å². The predicted octanol–water partition coefficient (Wildman–Crippen LogP) is 5.28. The summed E-state index contributed by atoms with van der Waals surface area (Å²) in [6.45, 7) is 1.98. The molecule has 0 saturated carbocycles. The van der Waals surface area contributed by atoms with Gasteiger partial charge >= 0.3 is 0 Å². The van der Waals surface area contributed by atoms with Gasteiger partial charge in [-0.15, -0.1) is 5.10 Å². The molecule has 5 nitrogen and oxygen atoms in total. The van der Waals surface area contributed by atoms with E-state index < -0.39 is 0 Å². The number of aryl methyl sites for hydroxylation is 1. The van der Waals surface area contributed by atoms with E-state index in [1.165, 1.54) is 4.68 Å². The van der Waals surface area contributed by atoms with Crippen molar-refractivity contribution >= 4 is 41.2 Å². The summed E-state index contributed by atoms with van der Waals surface area (Å²) in [4.78, 5) is 12.4. The number of Topliss-reactive ketones (excluding diaryl/α,β-unsaturated/α-hetero) is 1. The number of ketones is 1. The highest BCUT2D eigenvalue weighted by atomic mass is 35.5. The molecule has 3 aromatic rings. The lowest BCUT2D eigenvalue weighted by atomic mass is 10.1. The van der Waals surface area contributed by atoms with E-state index in [2.05, 4.69) is 5.10 Å². The fourth-order valence-electron chi connectivity index (χ4n) is 2.21. The van der Waals surface area contributed by atoms with E-state index in [0.717, 1.165) is 5.56 Å². The van der Waals surface area contributed by atoms with Crippen LogP contribution in [-0.2, 0) is 13.2 Å². The van der Waals surface area contributed by atoms with E-state index in [1.54, 1.807) is 30.3 Å². The average Bonchev–Trinajstić information content (AvgIpc) is 2.94. The van der Waals surface area contributed by atoms with E-state index in [0.29, 0.717) is 21.4 Å². The number of carbonyl (C=O) groups is 1. The Morgan fingerprint density at radius 1 is 1.23 bits per heavy atom. The Balaban J connectivity index is 1.68. The lowest BCUT2D eigenvalue weighted by molar-refractivity contribution is 0.0966. The van der Waals surface area contributed by atoms with Crippen molar-refractivity contribution < 1.29 is 13.9 Å². The summed E-state index contributed by atoms with van der Waals surface area (Å²) in [5, 5.41) is 5.08. The third kappa shape index (κ3) is 4.52. The Morgan fingerprint density at radius 3 is 2.65 bits per heavy atom. The smallest absolute Gasteiger partial charge is 0.287 e. The average molecular weight is 409 g/mol. The van der Waals surface area contributed by atoms with Crippen molar-refractivity contribution in [3.8, 4) is 5.75 Å². The molecule has 134 valence electrons. The monoisotopic (exact) mass is 408 g/mol. The maximum Gasteiger partial charge on any atom is 0.287 e. The molecule has 1 heterocycles. The van der Waals surface area contributed by atoms with E-state index in [4.69, 9.17) is 44.6 Å². The highest BCUT2D eigenvalue weighted by Gasteiger charge is 2.12. The van der Waals surface area contributed by atoms with Gasteiger partial charge in [0.1, 0.15) is 12.3 Å². The summed E-state index contributed by atoms with van der Waals surface area (Å²) in [5.74, 6) is 0.586. The molecule has 0 N–H and O–H groups in total. The van der Waals surface area contributed by atoms with E-state index >= 15 is 0 Å². The van der Waals surface area contributed by atoms with Gasteiger partial charge in [-0.2, -0.15) is 0 Å². The third-order valence-electron chi connectivity index (χ3n) is 3.56. The Hall–Kier alpha value is -2.15. The molecule has 0 aliphatic carbocycles. The summed E-state index contributed by atoms with van der Waals surface area (Å²) >= 11 is 17.0. The van der Waals surface area contributed by atoms with Crippen LogP contribution in [0.15, 0.2) is 46.9 Å². The highest BCUT2D eigenvalue weighted by molar-refractivity contribution is 7.71. The van der Waals surface area contributed by atoms with Crippen molar-refractivity contribution in [2.24, 2.45) is 0 Å². The SMILES string of the molecule is Cc1ccc(C(=O)Cn2nc(COc3ccc(Cl)cc3Cl)oc2=S)cc1. The van der Waals surface area contributed by atoms with Gasteiger partial charge in [0.15, 0.2) is 12.4 Å². The zero-order chi connectivity index (χ0) is 18.7. The fourth-order valence-corrected chi connectivity index (χ4v) is 2.87. The van der Waals surface area contributed by atoms with Gasteiger partial charge in [0.05, 0.1) is 5.02 Å². The fraction of sp³-hybridized carbons (Fsp3) is 0.167. The van der Waals surface area contributed by atoms with Crippen molar-refractivity contribution in [3.63, 3.8) is 0 Å². The van der Waals surface area contributed by atoms with E-state index in [9.17, 15) is 4.79 Å². The quantitative estimate of drug-likeness (QED) is 0.409. The largest absolute Gasteiger partial charge is 0.482 e. The molecule has 0 atom stereocenters. The van der Waals surface area contributed by atoms with E-state index in [-0.39, 0.29) is 29.7 Å². The second kappa shape index (κ2) is 8.03. The normalized spacial score (nSPS) is 10.7. The number of nitrogens with zero attached hydrogens (tertiary/aromatic N) is 2. The van der Waals surface area contributed by atoms with Crippen molar-refractivity contribution in [2.45, 2.75) is 20.1 Å². The van der Waals surface area contributed by atoms with Gasteiger partial charge in [0.2, 0.25) is 0 Å². The Morgan fingerprint density at radius 2 is 1.96 bits per heavy atom. The molecule has 1 aromatic heterocycles. The van der Waals surface area contributed by atoms with E-state index in [1.807, 2.05) is 19.1 Å².